The molecule has 180 valence electrons. The van der Waals surface area contributed by atoms with E-state index in [1.165, 1.54) is 32.1 Å². The van der Waals surface area contributed by atoms with Crippen molar-refractivity contribution in [2.75, 3.05) is 11.9 Å². The van der Waals surface area contributed by atoms with Crippen molar-refractivity contribution >= 4 is 40.0 Å². The molecule has 4 heteroatoms. The molecule has 0 saturated carbocycles. The average Bonchev–Trinajstić information content (AvgIpc) is 3.25. The van der Waals surface area contributed by atoms with E-state index in [9.17, 15) is 0 Å². The molecule has 1 aliphatic rings. The highest BCUT2D eigenvalue weighted by molar-refractivity contribution is 8.03. The first-order valence-electron chi connectivity index (χ1n) is 12.3. The Morgan fingerprint density at radius 1 is 0.811 bits per heavy atom. The molecular weight excluding hydrogens is 472 g/mol. The predicted octanol–water partition coefficient (Wildman–Crippen LogP) is 8.08. The van der Waals surface area contributed by atoms with Crippen molar-refractivity contribution in [2.45, 2.75) is 4.90 Å². The molecule has 6 rings (SSSR count). The van der Waals surface area contributed by atoms with E-state index in [0.717, 1.165) is 22.6 Å². The lowest BCUT2D eigenvalue weighted by Crippen LogP contribution is -2.28. The summed E-state index contributed by atoms with van der Waals surface area (Å²) in [7, 11) is 4.22. The first-order valence-corrected chi connectivity index (χ1v) is 13.1. The van der Waals surface area contributed by atoms with E-state index < -0.39 is 0 Å². The third-order valence-corrected chi connectivity index (χ3v) is 7.75. The molecule has 4 aromatic carbocycles. The van der Waals surface area contributed by atoms with Gasteiger partial charge in [0.2, 0.25) is 5.52 Å². The molecule has 0 aliphatic carbocycles. The zero-order valence-corrected chi connectivity index (χ0v) is 21.7. The number of para-hydroxylation sites is 3. The van der Waals surface area contributed by atoms with Crippen LogP contribution in [0.1, 0.15) is 11.1 Å². The van der Waals surface area contributed by atoms with E-state index in [0.29, 0.717) is 0 Å². The van der Waals surface area contributed by atoms with Crippen LogP contribution in [0.15, 0.2) is 131 Å². The number of rotatable bonds is 5. The molecule has 0 amide bonds. The van der Waals surface area contributed by atoms with E-state index in [2.05, 4.69) is 115 Å². The molecule has 0 radical (unpaired) electrons. The summed E-state index contributed by atoms with van der Waals surface area (Å²) in [4.78, 5) is 3.54. The Morgan fingerprint density at radius 2 is 1.57 bits per heavy atom. The van der Waals surface area contributed by atoms with Crippen LogP contribution in [0.3, 0.4) is 0 Å². The highest BCUT2D eigenvalue weighted by Gasteiger charge is 2.22. The Morgan fingerprint density at radius 3 is 2.43 bits per heavy atom. The number of hydrogen-bond acceptors (Lipinski definition) is 3. The summed E-state index contributed by atoms with van der Waals surface area (Å²) in [6.07, 6.45) is 6.70. The summed E-state index contributed by atoms with van der Waals surface area (Å²) >= 11 is 1.80. The Balaban J connectivity index is 1.47. The number of benzene rings is 4. The molecule has 1 aliphatic heterocycles. The second kappa shape index (κ2) is 10.00. The van der Waals surface area contributed by atoms with Crippen LogP contribution in [0.25, 0.3) is 22.6 Å². The summed E-state index contributed by atoms with van der Waals surface area (Å²) in [6, 6.07) is 37.5. The maximum Gasteiger partial charge on any atom is 0.212 e. The Bertz CT molecular complexity index is 1660. The zero-order chi connectivity index (χ0) is 25.2. The molecule has 5 aromatic rings. The van der Waals surface area contributed by atoms with Crippen LogP contribution in [0.5, 0.6) is 11.5 Å². The summed E-state index contributed by atoms with van der Waals surface area (Å²) in [6.45, 7) is 0. The number of fused-ring (bicyclic) bond motifs is 2. The van der Waals surface area contributed by atoms with Crippen molar-refractivity contribution in [3.05, 3.63) is 138 Å². The Hall–Kier alpha value is -4.28. The van der Waals surface area contributed by atoms with Crippen LogP contribution in [0.2, 0.25) is 0 Å². The van der Waals surface area contributed by atoms with Crippen molar-refractivity contribution < 1.29 is 9.30 Å². The van der Waals surface area contributed by atoms with Gasteiger partial charge in [-0.2, -0.15) is 0 Å². The molecular formula is C33H27N2OS+. The lowest BCUT2D eigenvalue weighted by atomic mass is 10.00. The van der Waals surface area contributed by atoms with Crippen molar-refractivity contribution in [2.24, 2.45) is 7.05 Å². The zero-order valence-electron chi connectivity index (χ0n) is 20.8. The van der Waals surface area contributed by atoms with Crippen LogP contribution in [0, 0.1) is 0 Å². The van der Waals surface area contributed by atoms with Gasteiger partial charge in [0.1, 0.15) is 18.5 Å². The highest BCUT2D eigenvalue weighted by atomic mass is 32.2. The van der Waals surface area contributed by atoms with Gasteiger partial charge in [0.15, 0.2) is 6.20 Å². The normalized spacial score (nSPS) is 14.3. The van der Waals surface area contributed by atoms with Crippen LogP contribution in [-0.2, 0) is 7.05 Å². The second-order valence-electron chi connectivity index (χ2n) is 9.05. The van der Waals surface area contributed by atoms with E-state index in [-0.39, 0.29) is 0 Å². The molecule has 0 unspecified atom stereocenters. The Kier molecular flexibility index (Phi) is 6.25. The number of hydrogen-bond donors (Lipinski definition) is 0. The smallest absolute Gasteiger partial charge is 0.212 e. The van der Waals surface area contributed by atoms with Crippen molar-refractivity contribution in [3.8, 4) is 11.5 Å². The van der Waals surface area contributed by atoms with Gasteiger partial charge in [0.05, 0.1) is 16.1 Å². The van der Waals surface area contributed by atoms with Gasteiger partial charge in [-0.05, 0) is 71.3 Å². The molecule has 3 nitrogen and oxygen atoms in total. The molecule has 0 atom stereocenters. The largest absolute Gasteiger partial charge is 0.457 e. The number of pyridine rings is 1. The van der Waals surface area contributed by atoms with Crippen molar-refractivity contribution in [1.29, 1.82) is 0 Å². The molecule has 0 fully saturated rings. The number of aromatic nitrogens is 1. The predicted molar refractivity (Wildman–Crippen MR) is 155 cm³/mol. The van der Waals surface area contributed by atoms with E-state index in [4.69, 9.17) is 4.74 Å². The fourth-order valence-electron chi connectivity index (χ4n) is 4.63. The first-order chi connectivity index (χ1) is 18.2. The maximum absolute atomic E-state index is 6.18. The van der Waals surface area contributed by atoms with Crippen LogP contribution in [-0.4, -0.2) is 7.05 Å². The van der Waals surface area contributed by atoms with Gasteiger partial charge in [0, 0.05) is 24.1 Å². The number of aryl methyl sites for hydroxylation is 1. The number of anilines is 1. The van der Waals surface area contributed by atoms with Gasteiger partial charge < -0.3 is 9.64 Å². The van der Waals surface area contributed by atoms with Gasteiger partial charge in [-0.3, -0.25) is 0 Å². The maximum atomic E-state index is 6.18. The second-order valence-corrected chi connectivity index (χ2v) is 10.1. The number of thioether (sulfide) groups is 1. The molecule has 1 aromatic heterocycles. The van der Waals surface area contributed by atoms with Crippen LogP contribution < -0.4 is 14.2 Å². The van der Waals surface area contributed by atoms with Crippen LogP contribution >= 0.6 is 11.8 Å². The third kappa shape index (κ3) is 4.76. The van der Waals surface area contributed by atoms with Crippen molar-refractivity contribution in [1.82, 2.24) is 0 Å². The number of allylic oxidation sites excluding steroid dienone is 2. The number of nitrogens with zero attached hydrogens (tertiary/aromatic N) is 2. The minimum atomic E-state index is 0.813. The number of ether oxygens (including phenoxy) is 1. The van der Waals surface area contributed by atoms with Gasteiger partial charge >= 0.3 is 0 Å². The SMILES string of the molecule is CN1/C(=C\C(=C\c2cc[n+](C)c3ccccc23)c2cccc(Oc3ccccc3)c2)Sc2ccccc21. The van der Waals surface area contributed by atoms with Gasteiger partial charge in [-0.15, -0.1) is 0 Å². The van der Waals surface area contributed by atoms with Gasteiger partial charge in [-0.25, -0.2) is 4.57 Å². The summed E-state index contributed by atoms with van der Waals surface area (Å²) in [5.41, 5.74) is 5.83. The first kappa shape index (κ1) is 23.1. The fourth-order valence-corrected chi connectivity index (χ4v) is 5.74. The summed E-state index contributed by atoms with van der Waals surface area (Å²) in [5.74, 6) is 1.64. The third-order valence-electron chi connectivity index (χ3n) is 6.58. The molecule has 2 heterocycles. The minimum Gasteiger partial charge on any atom is -0.457 e. The molecule has 0 bridgehead atoms. The lowest BCUT2D eigenvalue weighted by Gasteiger charge is -2.15. The topological polar surface area (TPSA) is 16.4 Å². The van der Waals surface area contributed by atoms with Crippen LogP contribution in [0.4, 0.5) is 5.69 Å². The molecule has 0 spiro atoms. The monoisotopic (exact) mass is 499 g/mol. The molecule has 37 heavy (non-hydrogen) atoms. The Labute approximate surface area is 222 Å². The summed E-state index contributed by atoms with van der Waals surface area (Å²) in [5, 5.41) is 2.41. The van der Waals surface area contributed by atoms with Gasteiger partial charge in [0.25, 0.3) is 0 Å². The van der Waals surface area contributed by atoms with E-state index >= 15 is 0 Å². The van der Waals surface area contributed by atoms with E-state index in [1.807, 2.05) is 36.4 Å². The fraction of sp³-hybridized carbons (Fsp3) is 0.0606. The standard InChI is InChI=1S/C33H27N2OS/c1-34-20-19-25(29-15-6-7-16-30(29)34)21-26(23-33-35(2)31-17-8-9-18-32(31)37-33)24-11-10-14-28(22-24)36-27-12-4-3-5-13-27/h3-23H,1-2H3/q+1. The minimum absolute atomic E-state index is 0.813. The highest BCUT2D eigenvalue weighted by Crippen LogP contribution is 2.46. The lowest BCUT2D eigenvalue weighted by molar-refractivity contribution is -0.644. The molecule has 0 saturated heterocycles. The molecule has 0 N–H and O–H groups in total. The quantitative estimate of drug-likeness (QED) is 0.227. The summed E-state index contributed by atoms with van der Waals surface area (Å²) < 4.78 is 8.34. The van der Waals surface area contributed by atoms with Gasteiger partial charge in [-0.1, -0.05) is 66.4 Å². The van der Waals surface area contributed by atoms with Crippen molar-refractivity contribution in [3.63, 3.8) is 0 Å². The van der Waals surface area contributed by atoms with E-state index in [1.54, 1.807) is 11.8 Å². The average molecular weight is 500 g/mol.